The largest absolute Gasteiger partial charge is 0.497 e. The van der Waals surface area contributed by atoms with E-state index in [1.165, 1.54) is 18.4 Å². The number of hydrogen-bond donors (Lipinski definition) is 1. The maximum absolute atomic E-state index is 12.1. The first-order valence-corrected chi connectivity index (χ1v) is 9.96. The third-order valence-electron chi connectivity index (χ3n) is 5.21. The van der Waals surface area contributed by atoms with E-state index in [-0.39, 0.29) is 5.91 Å². The van der Waals surface area contributed by atoms with Gasteiger partial charge in [-0.2, -0.15) is 0 Å². The lowest BCUT2D eigenvalue weighted by molar-refractivity contribution is 0.0951. The molecule has 2 aromatic rings. The molecule has 2 aliphatic carbocycles. The number of ether oxygens (including phenoxy) is 1. The minimum absolute atomic E-state index is 0.0353. The number of benzene rings is 2. The molecular weight excluding hydrogens is 360 g/mol. The second-order valence-electron chi connectivity index (χ2n) is 7.54. The van der Waals surface area contributed by atoms with Gasteiger partial charge in [-0.3, -0.25) is 9.69 Å². The number of methoxy groups -OCH3 is 1. The SMILES string of the molecule is COc1ccc(CN(Cc2ccc(C(=O)NC3CC3)cc2)C2CC2)c(Cl)c1. The molecule has 0 bridgehead atoms. The van der Waals surface area contributed by atoms with Crippen molar-refractivity contribution in [2.24, 2.45) is 0 Å². The summed E-state index contributed by atoms with van der Waals surface area (Å²) in [5, 5.41) is 3.78. The van der Waals surface area contributed by atoms with Crippen LogP contribution >= 0.6 is 11.6 Å². The van der Waals surface area contributed by atoms with Crippen LogP contribution in [0, 0.1) is 0 Å². The molecule has 4 rings (SSSR count). The third kappa shape index (κ3) is 4.82. The third-order valence-corrected chi connectivity index (χ3v) is 5.56. The maximum atomic E-state index is 12.1. The highest BCUT2D eigenvalue weighted by Gasteiger charge is 2.29. The van der Waals surface area contributed by atoms with E-state index >= 15 is 0 Å². The Bertz CT molecular complexity index is 814. The minimum atomic E-state index is 0.0353. The van der Waals surface area contributed by atoms with Gasteiger partial charge < -0.3 is 10.1 Å². The molecule has 4 nitrogen and oxygen atoms in total. The first-order valence-electron chi connectivity index (χ1n) is 9.58. The van der Waals surface area contributed by atoms with Crippen LogP contribution < -0.4 is 10.1 Å². The zero-order chi connectivity index (χ0) is 18.8. The van der Waals surface area contributed by atoms with Crippen molar-refractivity contribution in [3.8, 4) is 5.75 Å². The first kappa shape index (κ1) is 18.3. The molecule has 142 valence electrons. The Morgan fingerprint density at radius 1 is 1.11 bits per heavy atom. The molecule has 0 heterocycles. The predicted molar refractivity (Wildman–Crippen MR) is 107 cm³/mol. The van der Waals surface area contributed by atoms with E-state index in [9.17, 15) is 4.79 Å². The number of carbonyl (C=O) groups is 1. The molecule has 0 spiro atoms. The summed E-state index contributed by atoms with van der Waals surface area (Å²) < 4.78 is 5.24. The van der Waals surface area contributed by atoms with Crippen molar-refractivity contribution >= 4 is 17.5 Å². The fourth-order valence-electron chi connectivity index (χ4n) is 3.25. The molecule has 27 heavy (non-hydrogen) atoms. The quantitative estimate of drug-likeness (QED) is 0.733. The normalized spacial score (nSPS) is 16.4. The molecule has 2 aromatic carbocycles. The average Bonchev–Trinajstić information content (AvgIpc) is 3.57. The Labute approximate surface area is 165 Å². The van der Waals surface area contributed by atoms with Crippen molar-refractivity contribution in [3.63, 3.8) is 0 Å². The number of carbonyl (C=O) groups excluding carboxylic acids is 1. The minimum Gasteiger partial charge on any atom is -0.497 e. The van der Waals surface area contributed by atoms with Crippen molar-refractivity contribution in [1.29, 1.82) is 0 Å². The van der Waals surface area contributed by atoms with Gasteiger partial charge >= 0.3 is 0 Å². The second-order valence-corrected chi connectivity index (χ2v) is 7.95. The molecule has 0 atom stereocenters. The van der Waals surface area contributed by atoms with Gasteiger partial charge in [0.25, 0.3) is 5.91 Å². The fourth-order valence-corrected chi connectivity index (χ4v) is 3.48. The van der Waals surface area contributed by atoms with Crippen molar-refractivity contribution < 1.29 is 9.53 Å². The zero-order valence-electron chi connectivity index (χ0n) is 15.6. The fraction of sp³-hybridized carbons (Fsp3) is 0.409. The number of rotatable bonds is 8. The van der Waals surface area contributed by atoms with Gasteiger partial charge in [0.1, 0.15) is 5.75 Å². The smallest absolute Gasteiger partial charge is 0.251 e. The Hall–Kier alpha value is -2.04. The second kappa shape index (κ2) is 7.91. The summed E-state index contributed by atoms with van der Waals surface area (Å²) in [6.45, 7) is 1.68. The molecule has 0 aliphatic heterocycles. The molecule has 0 unspecified atom stereocenters. The Morgan fingerprint density at radius 3 is 2.44 bits per heavy atom. The van der Waals surface area contributed by atoms with E-state index in [4.69, 9.17) is 16.3 Å². The van der Waals surface area contributed by atoms with Crippen LogP contribution in [-0.4, -0.2) is 30.0 Å². The van der Waals surface area contributed by atoms with Gasteiger partial charge in [0.15, 0.2) is 0 Å². The molecule has 0 aromatic heterocycles. The van der Waals surface area contributed by atoms with Gasteiger partial charge in [-0.15, -0.1) is 0 Å². The van der Waals surface area contributed by atoms with Crippen molar-refractivity contribution in [2.75, 3.05) is 7.11 Å². The van der Waals surface area contributed by atoms with Crippen molar-refractivity contribution in [3.05, 3.63) is 64.2 Å². The van der Waals surface area contributed by atoms with Gasteiger partial charge in [-0.1, -0.05) is 29.8 Å². The highest BCUT2D eigenvalue weighted by molar-refractivity contribution is 6.31. The lowest BCUT2D eigenvalue weighted by Gasteiger charge is -2.23. The van der Waals surface area contributed by atoms with Crippen LogP contribution in [0.2, 0.25) is 5.02 Å². The molecule has 0 radical (unpaired) electrons. The Balaban J connectivity index is 1.41. The summed E-state index contributed by atoms with van der Waals surface area (Å²) in [7, 11) is 1.65. The molecule has 2 saturated carbocycles. The number of halogens is 1. The van der Waals surface area contributed by atoms with Gasteiger partial charge in [0.05, 0.1) is 7.11 Å². The van der Waals surface area contributed by atoms with E-state index in [0.29, 0.717) is 12.1 Å². The standard InChI is InChI=1S/C22H25ClN2O2/c1-27-20-11-6-17(21(23)12-20)14-25(19-9-10-19)13-15-2-4-16(5-3-15)22(26)24-18-7-8-18/h2-6,11-12,18-19H,7-10,13-14H2,1H3,(H,24,26). The first-order chi connectivity index (χ1) is 13.1. The van der Waals surface area contributed by atoms with Crippen LogP contribution in [0.1, 0.15) is 47.2 Å². The maximum Gasteiger partial charge on any atom is 0.251 e. The summed E-state index contributed by atoms with van der Waals surface area (Å²) in [6, 6.07) is 14.9. The van der Waals surface area contributed by atoms with Crippen LogP contribution in [0.5, 0.6) is 5.75 Å². The van der Waals surface area contributed by atoms with E-state index in [2.05, 4.69) is 22.3 Å². The number of amides is 1. The van der Waals surface area contributed by atoms with Gasteiger partial charge in [-0.25, -0.2) is 0 Å². The van der Waals surface area contributed by atoms with Crippen LogP contribution in [0.15, 0.2) is 42.5 Å². The van der Waals surface area contributed by atoms with Crippen LogP contribution in [0.3, 0.4) is 0 Å². The van der Waals surface area contributed by atoms with E-state index < -0.39 is 0 Å². The topological polar surface area (TPSA) is 41.6 Å². The van der Waals surface area contributed by atoms with Gasteiger partial charge in [0.2, 0.25) is 0 Å². The number of hydrogen-bond acceptors (Lipinski definition) is 3. The van der Waals surface area contributed by atoms with Gasteiger partial charge in [0, 0.05) is 35.8 Å². The summed E-state index contributed by atoms with van der Waals surface area (Å²) in [5.41, 5.74) is 3.07. The molecule has 5 heteroatoms. The summed E-state index contributed by atoms with van der Waals surface area (Å²) in [5.74, 6) is 0.815. The highest BCUT2D eigenvalue weighted by Crippen LogP contribution is 2.32. The monoisotopic (exact) mass is 384 g/mol. The molecule has 2 fully saturated rings. The Kier molecular flexibility index (Phi) is 5.37. The summed E-state index contributed by atoms with van der Waals surface area (Å²) in [4.78, 5) is 14.6. The Morgan fingerprint density at radius 2 is 1.85 bits per heavy atom. The molecule has 0 saturated heterocycles. The van der Waals surface area contributed by atoms with Crippen molar-refractivity contribution in [2.45, 2.75) is 50.9 Å². The molecule has 1 N–H and O–H groups in total. The van der Waals surface area contributed by atoms with Crippen LogP contribution in [0.4, 0.5) is 0 Å². The van der Waals surface area contributed by atoms with E-state index in [1.54, 1.807) is 7.11 Å². The molecule has 2 aliphatic rings. The summed E-state index contributed by atoms with van der Waals surface area (Å²) >= 11 is 6.43. The van der Waals surface area contributed by atoms with Gasteiger partial charge in [-0.05, 0) is 61.1 Å². The lowest BCUT2D eigenvalue weighted by atomic mass is 10.1. The zero-order valence-corrected chi connectivity index (χ0v) is 16.3. The van der Waals surface area contributed by atoms with E-state index in [0.717, 1.165) is 47.8 Å². The predicted octanol–water partition coefficient (Wildman–Crippen LogP) is 4.41. The van der Waals surface area contributed by atoms with Crippen LogP contribution in [0.25, 0.3) is 0 Å². The number of nitrogens with one attached hydrogen (secondary N) is 1. The van der Waals surface area contributed by atoms with Crippen LogP contribution in [-0.2, 0) is 13.1 Å². The molecule has 1 amide bonds. The van der Waals surface area contributed by atoms with E-state index in [1.807, 2.05) is 30.3 Å². The molecular formula is C22H25ClN2O2. The van der Waals surface area contributed by atoms with Crippen molar-refractivity contribution in [1.82, 2.24) is 10.2 Å². The number of nitrogens with zero attached hydrogens (tertiary/aromatic N) is 1. The highest BCUT2D eigenvalue weighted by atomic mass is 35.5. The lowest BCUT2D eigenvalue weighted by Crippen LogP contribution is -2.26. The average molecular weight is 385 g/mol. The summed E-state index contributed by atoms with van der Waals surface area (Å²) in [6.07, 6.45) is 4.67.